The maximum absolute atomic E-state index is 12.0. The van der Waals surface area contributed by atoms with Gasteiger partial charge in [0, 0.05) is 36.0 Å². The number of carbonyl (C=O) groups excluding carboxylic acids is 1. The average molecular weight is 399 g/mol. The zero-order valence-electron chi connectivity index (χ0n) is 17.3. The van der Waals surface area contributed by atoms with Crippen LogP contribution in [0, 0.1) is 6.92 Å². The Labute approximate surface area is 176 Å². The number of carbonyl (C=O) groups is 1. The van der Waals surface area contributed by atoms with E-state index < -0.39 is 0 Å². The van der Waals surface area contributed by atoms with Gasteiger partial charge in [-0.2, -0.15) is 5.10 Å². The Kier molecular flexibility index (Phi) is 5.80. The number of hydrogen-bond donors (Lipinski definition) is 1. The van der Waals surface area contributed by atoms with E-state index in [-0.39, 0.29) is 5.78 Å². The van der Waals surface area contributed by atoms with Crippen LogP contribution in [0.25, 0.3) is 17.1 Å². The second-order valence-electron chi connectivity index (χ2n) is 7.30. The standard InChI is InChI=1S/C25H25N3O2/c1-3-7-23(29)19-11-13-21(14-12-19)26-16-20-17-28(22-8-5-4-6-9-22)27-25(20)24-15-10-18(2)30-24/h4-6,8-15,17,26H,3,7,16H2,1-2H3. The van der Waals surface area contributed by atoms with Crippen molar-refractivity contribution in [1.82, 2.24) is 9.78 Å². The van der Waals surface area contributed by atoms with Crippen LogP contribution in [0.15, 0.2) is 77.3 Å². The van der Waals surface area contributed by atoms with E-state index in [1.165, 1.54) is 0 Å². The van der Waals surface area contributed by atoms with Crippen LogP contribution in [0.3, 0.4) is 0 Å². The fourth-order valence-corrected chi connectivity index (χ4v) is 3.36. The fourth-order valence-electron chi connectivity index (χ4n) is 3.36. The summed E-state index contributed by atoms with van der Waals surface area (Å²) in [5.74, 6) is 1.79. The monoisotopic (exact) mass is 399 g/mol. The van der Waals surface area contributed by atoms with Crippen LogP contribution in [0.2, 0.25) is 0 Å². The van der Waals surface area contributed by atoms with Crippen molar-refractivity contribution in [3.05, 3.63) is 89.8 Å². The van der Waals surface area contributed by atoms with Crippen LogP contribution in [0.4, 0.5) is 5.69 Å². The van der Waals surface area contributed by atoms with Gasteiger partial charge < -0.3 is 9.73 Å². The molecule has 0 aliphatic rings. The molecule has 0 saturated carbocycles. The maximum atomic E-state index is 12.0. The number of nitrogens with zero attached hydrogens (tertiary/aromatic N) is 2. The molecule has 1 N–H and O–H groups in total. The molecule has 0 fully saturated rings. The second kappa shape index (κ2) is 8.82. The molecule has 0 amide bonds. The average Bonchev–Trinajstić information content (AvgIpc) is 3.39. The summed E-state index contributed by atoms with van der Waals surface area (Å²) in [4.78, 5) is 12.0. The molecular formula is C25H25N3O2. The van der Waals surface area contributed by atoms with E-state index in [2.05, 4.69) is 5.32 Å². The number of aryl methyl sites for hydroxylation is 1. The van der Waals surface area contributed by atoms with E-state index >= 15 is 0 Å². The van der Waals surface area contributed by atoms with Crippen molar-refractivity contribution >= 4 is 11.5 Å². The molecule has 0 bridgehead atoms. The van der Waals surface area contributed by atoms with Gasteiger partial charge in [0.25, 0.3) is 0 Å². The summed E-state index contributed by atoms with van der Waals surface area (Å²) in [5, 5.41) is 8.21. The van der Waals surface area contributed by atoms with Crippen molar-refractivity contribution in [2.45, 2.75) is 33.2 Å². The van der Waals surface area contributed by atoms with E-state index in [1.807, 2.05) is 91.5 Å². The Balaban J connectivity index is 1.57. The summed E-state index contributed by atoms with van der Waals surface area (Å²) in [7, 11) is 0. The third kappa shape index (κ3) is 4.35. The molecule has 2 aromatic carbocycles. The Hall–Kier alpha value is -3.60. The minimum absolute atomic E-state index is 0.184. The highest BCUT2D eigenvalue weighted by Crippen LogP contribution is 2.26. The quantitative estimate of drug-likeness (QED) is 0.367. The summed E-state index contributed by atoms with van der Waals surface area (Å²) in [6, 6.07) is 21.6. The van der Waals surface area contributed by atoms with Crippen molar-refractivity contribution in [2.24, 2.45) is 0 Å². The van der Waals surface area contributed by atoms with E-state index in [4.69, 9.17) is 9.52 Å². The Morgan fingerprint density at radius 1 is 1.03 bits per heavy atom. The van der Waals surface area contributed by atoms with Crippen molar-refractivity contribution in [3.63, 3.8) is 0 Å². The third-order valence-electron chi connectivity index (χ3n) is 4.95. The molecule has 0 atom stereocenters. The molecule has 5 heteroatoms. The molecule has 0 unspecified atom stereocenters. The van der Waals surface area contributed by atoms with Crippen molar-refractivity contribution in [1.29, 1.82) is 0 Å². The third-order valence-corrected chi connectivity index (χ3v) is 4.95. The zero-order valence-corrected chi connectivity index (χ0v) is 17.3. The summed E-state index contributed by atoms with van der Waals surface area (Å²) in [6.07, 6.45) is 3.46. The number of para-hydroxylation sites is 1. The van der Waals surface area contributed by atoms with Gasteiger partial charge in [-0.3, -0.25) is 4.79 Å². The first-order chi connectivity index (χ1) is 14.6. The molecule has 152 valence electrons. The van der Waals surface area contributed by atoms with Gasteiger partial charge in [0.2, 0.25) is 0 Å². The first-order valence-electron chi connectivity index (χ1n) is 10.2. The lowest BCUT2D eigenvalue weighted by atomic mass is 10.1. The summed E-state index contributed by atoms with van der Waals surface area (Å²) in [5.41, 5.74) is 4.55. The van der Waals surface area contributed by atoms with E-state index in [9.17, 15) is 4.79 Å². The van der Waals surface area contributed by atoms with Gasteiger partial charge in [0.05, 0.1) is 5.69 Å². The van der Waals surface area contributed by atoms with Gasteiger partial charge in [-0.05, 0) is 61.9 Å². The van der Waals surface area contributed by atoms with Crippen molar-refractivity contribution < 1.29 is 9.21 Å². The molecule has 0 aliphatic heterocycles. The summed E-state index contributed by atoms with van der Waals surface area (Å²) >= 11 is 0. The Morgan fingerprint density at radius 2 is 1.80 bits per heavy atom. The topological polar surface area (TPSA) is 60.1 Å². The highest BCUT2D eigenvalue weighted by molar-refractivity contribution is 5.96. The van der Waals surface area contributed by atoms with Gasteiger partial charge in [0.15, 0.2) is 11.5 Å². The number of rotatable bonds is 8. The molecule has 4 aromatic rings. The molecule has 5 nitrogen and oxygen atoms in total. The van der Waals surface area contributed by atoms with Crippen molar-refractivity contribution in [2.75, 3.05) is 5.32 Å². The van der Waals surface area contributed by atoms with Gasteiger partial charge in [-0.15, -0.1) is 0 Å². The van der Waals surface area contributed by atoms with Gasteiger partial charge in [-0.25, -0.2) is 4.68 Å². The smallest absolute Gasteiger partial charge is 0.162 e. The van der Waals surface area contributed by atoms with Crippen LogP contribution >= 0.6 is 0 Å². The number of nitrogens with one attached hydrogen (secondary N) is 1. The second-order valence-corrected chi connectivity index (χ2v) is 7.30. The van der Waals surface area contributed by atoms with Gasteiger partial charge in [-0.1, -0.05) is 25.1 Å². The number of furan rings is 1. The normalized spacial score (nSPS) is 10.9. The van der Waals surface area contributed by atoms with E-state index in [1.54, 1.807) is 0 Å². The zero-order chi connectivity index (χ0) is 20.9. The molecule has 0 spiro atoms. The molecule has 2 aromatic heterocycles. The van der Waals surface area contributed by atoms with Gasteiger partial charge >= 0.3 is 0 Å². The van der Waals surface area contributed by atoms with Crippen molar-refractivity contribution in [3.8, 4) is 17.1 Å². The van der Waals surface area contributed by atoms with Crippen LogP contribution in [-0.4, -0.2) is 15.6 Å². The number of anilines is 1. The molecule has 0 aliphatic carbocycles. The van der Waals surface area contributed by atoms with Crippen LogP contribution in [0.1, 0.15) is 41.4 Å². The fraction of sp³-hybridized carbons (Fsp3) is 0.200. The lowest BCUT2D eigenvalue weighted by Crippen LogP contribution is -2.01. The molecule has 2 heterocycles. The number of benzene rings is 2. The largest absolute Gasteiger partial charge is 0.460 e. The minimum atomic E-state index is 0.184. The van der Waals surface area contributed by atoms with E-state index in [0.717, 1.165) is 46.1 Å². The van der Waals surface area contributed by atoms with Crippen LogP contribution in [0.5, 0.6) is 0 Å². The van der Waals surface area contributed by atoms with E-state index in [0.29, 0.717) is 13.0 Å². The lowest BCUT2D eigenvalue weighted by molar-refractivity contribution is 0.0982. The lowest BCUT2D eigenvalue weighted by Gasteiger charge is -2.07. The molecule has 0 saturated heterocycles. The molecule has 30 heavy (non-hydrogen) atoms. The first kappa shape index (κ1) is 19.7. The summed E-state index contributed by atoms with van der Waals surface area (Å²) < 4.78 is 7.71. The van der Waals surface area contributed by atoms with Crippen LogP contribution < -0.4 is 5.32 Å². The first-order valence-corrected chi connectivity index (χ1v) is 10.2. The molecule has 4 rings (SSSR count). The predicted octanol–water partition coefficient (Wildman–Crippen LogP) is 6.04. The number of ketones is 1. The maximum Gasteiger partial charge on any atom is 0.162 e. The Morgan fingerprint density at radius 3 is 2.47 bits per heavy atom. The predicted molar refractivity (Wildman–Crippen MR) is 119 cm³/mol. The van der Waals surface area contributed by atoms with Crippen LogP contribution in [-0.2, 0) is 6.54 Å². The molecular weight excluding hydrogens is 374 g/mol. The van der Waals surface area contributed by atoms with Gasteiger partial charge in [0.1, 0.15) is 11.5 Å². The highest BCUT2D eigenvalue weighted by Gasteiger charge is 2.15. The molecule has 0 radical (unpaired) electrons. The SMILES string of the molecule is CCCC(=O)c1ccc(NCc2cn(-c3ccccc3)nc2-c2ccc(C)o2)cc1. The Bertz CT molecular complexity index is 1120. The highest BCUT2D eigenvalue weighted by atomic mass is 16.3. The number of Topliss-reactive ketones (excluding diaryl/α,β-unsaturated/α-hetero) is 1. The minimum Gasteiger partial charge on any atom is -0.460 e. The number of hydrogen-bond acceptors (Lipinski definition) is 4. The summed E-state index contributed by atoms with van der Waals surface area (Å²) in [6.45, 7) is 4.53. The number of aromatic nitrogens is 2.